The number of thiol groups is 2. The summed E-state index contributed by atoms with van der Waals surface area (Å²) in [6, 6.07) is 28.8. The molecule has 1 unspecified atom stereocenters. The maximum absolute atomic E-state index is 12.7. The minimum atomic E-state index is -1.09. The summed E-state index contributed by atoms with van der Waals surface area (Å²) >= 11 is 8.68. The molecule has 0 aliphatic heterocycles. The van der Waals surface area contributed by atoms with Gasteiger partial charge in [0, 0.05) is 51.9 Å². The molecule has 5 N–H and O–H groups in total. The van der Waals surface area contributed by atoms with Gasteiger partial charge in [0.25, 0.3) is 11.8 Å². The Bertz CT molecular complexity index is 1560. The van der Waals surface area contributed by atoms with Crippen LogP contribution in [0.3, 0.4) is 0 Å². The molecule has 0 saturated carbocycles. The maximum atomic E-state index is 12.7. The van der Waals surface area contributed by atoms with E-state index in [0.717, 1.165) is 32.3 Å². The lowest BCUT2D eigenvalue weighted by Crippen LogP contribution is -2.40. The highest BCUT2D eigenvalue weighted by Crippen LogP contribution is 2.16. The molecule has 2 amide bonds. The van der Waals surface area contributed by atoms with Crippen molar-refractivity contribution < 1.29 is 19.5 Å². The minimum Gasteiger partial charge on any atom is -0.480 e. The van der Waals surface area contributed by atoms with Crippen molar-refractivity contribution in [1.82, 2.24) is 10.6 Å². The average molecular weight is 629 g/mol. The number of carbonyl (C=O) groups excluding carboxylic acids is 2. The summed E-state index contributed by atoms with van der Waals surface area (Å²) in [6.07, 6.45) is 1.35. The molecule has 4 rings (SSSR count). The zero-order chi connectivity index (χ0) is 31.3. The van der Waals surface area contributed by atoms with Crippen molar-refractivity contribution in [2.75, 3.05) is 17.2 Å². The number of carboxylic acids is 1. The molecule has 44 heavy (non-hydrogen) atoms. The van der Waals surface area contributed by atoms with Crippen LogP contribution in [0.2, 0.25) is 0 Å². The second kappa shape index (κ2) is 16.4. The number of unbranched alkanes of at least 4 members (excludes halogenated alkanes) is 1. The van der Waals surface area contributed by atoms with Crippen molar-refractivity contribution in [2.24, 2.45) is 0 Å². The number of hydrogen-bond acceptors (Lipinski definition) is 7. The van der Waals surface area contributed by atoms with Gasteiger partial charge in [-0.05, 0) is 91.1 Å². The van der Waals surface area contributed by atoms with E-state index in [4.69, 9.17) is 0 Å². The van der Waals surface area contributed by atoms with Crippen LogP contribution in [0, 0.1) is 0 Å². The molecule has 10 heteroatoms. The minimum absolute atomic E-state index is 0.191. The highest BCUT2D eigenvalue weighted by molar-refractivity contribution is 7.80. The first kappa shape index (κ1) is 32.5. The number of aliphatic carboxylic acids is 1. The maximum Gasteiger partial charge on any atom is 0.326 e. The Balaban J connectivity index is 1.15. The smallest absolute Gasteiger partial charge is 0.326 e. The molecule has 0 bridgehead atoms. The first-order valence-electron chi connectivity index (χ1n) is 14.3. The van der Waals surface area contributed by atoms with E-state index < -0.39 is 17.9 Å². The molecule has 1 atom stereocenters. The SMILES string of the molecule is O=C(NCCCCC(NC(=O)c1ccc(CNc2cccc(S)c2)cc1)C(=O)O)c1ccc(CNc2cccc(S)c2)cc1. The molecule has 0 aliphatic rings. The molecule has 8 nitrogen and oxygen atoms in total. The van der Waals surface area contributed by atoms with Gasteiger partial charge in [-0.25, -0.2) is 4.79 Å². The summed E-state index contributed by atoms with van der Waals surface area (Å²) < 4.78 is 0. The van der Waals surface area contributed by atoms with E-state index >= 15 is 0 Å². The van der Waals surface area contributed by atoms with Crippen LogP contribution in [0.15, 0.2) is 107 Å². The summed E-state index contributed by atoms with van der Waals surface area (Å²) in [6.45, 7) is 1.59. The Morgan fingerprint density at radius 3 is 1.64 bits per heavy atom. The second-order valence-electron chi connectivity index (χ2n) is 10.3. The monoisotopic (exact) mass is 628 g/mol. The van der Waals surface area contributed by atoms with Crippen molar-refractivity contribution >= 4 is 54.4 Å². The highest BCUT2D eigenvalue weighted by Gasteiger charge is 2.20. The number of rotatable bonds is 15. The van der Waals surface area contributed by atoms with E-state index in [9.17, 15) is 19.5 Å². The van der Waals surface area contributed by atoms with E-state index in [0.29, 0.717) is 43.6 Å². The Hall–Kier alpha value is -4.41. The number of anilines is 2. The third kappa shape index (κ3) is 10.4. The quantitative estimate of drug-likeness (QED) is 0.0616. The van der Waals surface area contributed by atoms with E-state index in [1.54, 1.807) is 24.3 Å². The van der Waals surface area contributed by atoms with Crippen LogP contribution in [0.1, 0.15) is 51.1 Å². The molecule has 0 aliphatic carbocycles. The van der Waals surface area contributed by atoms with Crippen LogP contribution >= 0.6 is 25.3 Å². The first-order chi connectivity index (χ1) is 21.3. The number of amides is 2. The molecule has 4 aromatic carbocycles. The van der Waals surface area contributed by atoms with Crippen LogP contribution in [0.5, 0.6) is 0 Å². The van der Waals surface area contributed by atoms with Gasteiger partial charge in [0.05, 0.1) is 0 Å². The third-order valence-electron chi connectivity index (χ3n) is 6.93. The van der Waals surface area contributed by atoms with Gasteiger partial charge in [-0.2, -0.15) is 0 Å². The summed E-state index contributed by atoms with van der Waals surface area (Å²) in [4.78, 5) is 38.8. The normalized spacial score (nSPS) is 11.3. The van der Waals surface area contributed by atoms with Crippen molar-refractivity contribution in [2.45, 2.75) is 48.2 Å². The van der Waals surface area contributed by atoms with Gasteiger partial charge < -0.3 is 26.4 Å². The largest absolute Gasteiger partial charge is 0.480 e. The lowest BCUT2D eigenvalue weighted by atomic mass is 10.1. The van der Waals surface area contributed by atoms with Gasteiger partial charge in [0.15, 0.2) is 0 Å². The Labute approximate surface area is 268 Å². The number of carbonyl (C=O) groups is 3. The summed E-state index contributed by atoms with van der Waals surface area (Å²) in [5.41, 5.74) is 4.87. The Morgan fingerprint density at radius 1 is 0.659 bits per heavy atom. The predicted molar refractivity (Wildman–Crippen MR) is 180 cm³/mol. The predicted octanol–water partition coefficient (Wildman–Crippen LogP) is 6.27. The van der Waals surface area contributed by atoms with Gasteiger partial charge in [-0.3, -0.25) is 9.59 Å². The van der Waals surface area contributed by atoms with E-state index in [1.165, 1.54) is 0 Å². The molecular weight excluding hydrogens is 593 g/mol. The molecule has 0 spiro atoms. The topological polar surface area (TPSA) is 120 Å². The second-order valence-corrected chi connectivity index (χ2v) is 11.4. The summed E-state index contributed by atoms with van der Waals surface area (Å²) in [5, 5.41) is 21.8. The van der Waals surface area contributed by atoms with Crippen molar-refractivity contribution in [1.29, 1.82) is 0 Å². The molecule has 4 aromatic rings. The lowest BCUT2D eigenvalue weighted by molar-refractivity contribution is -0.139. The van der Waals surface area contributed by atoms with Crippen LogP contribution in [-0.4, -0.2) is 35.5 Å². The zero-order valence-electron chi connectivity index (χ0n) is 24.1. The molecule has 0 radical (unpaired) electrons. The Kier molecular flexibility index (Phi) is 12.1. The number of carboxylic acid groups (broad SMARTS) is 1. The highest BCUT2D eigenvalue weighted by atomic mass is 32.1. The Morgan fingerprint density at radius 2 is 1.16 bits per heavy atom. The van der Waals surface area contributed by atoms with Gasteiger partial charge in [-0.1, -0.05) is 36.4 Å². The lowest BCUT2D eigenvalue weighted by Gasteiger charge is -2.15. The van der Waals surface area contributed by atoms with Crippen molar-refractivity contribution in [3.8, 4) is 0 Å². The number of hydrogen-bond donors (Lipinski definition) is 7. The number of nitrogens with one attached hydrogen (secondary N) is 4. The summed E-state index contributed by atoms with van der Waals surface area (Å²) in [5.74, 6) is -1.73. The fourth-order valence-electron chi connectivity index (χ4n) is 4.46. The van der Waals surface area contributed by atoms with Crippen molar-refractivity contribution in [3.05, 3.63) is 119 Å². The number of benzene rings is 4. The molecule has 0 aromatic heterocycles. The zero-order valence-corrected chi connectivity index (χ0v) is 25.9. The van der Waals surface area contributed by atoms with Gasteiger partial charge in [0.2, 0.25) is 0 Å². The van der Waals surface area contributed by atoms with Gasteiger partial charge in [-0.15, -0.1) is 25.3 Å². The van der Waals surface area contributed by atoms with E-state index in [1.807, 2.05) is 72.8 Å². The fourth-order valence-corrected chi connectivity index (χ4v) is 4.91. The molecule has 0 heterocycles. The van der Waals surface area contributed by atoms with E-state index in [2.05, 4.69) is 46.5 Å². The summed E-state index contributed by atoms with van der Waals surface area (Å²) in [7, 11) is 0. The van der Waals surface area contributed by atoms with Crippen LogP contribution < -0.4 is 21.3 Å². The fraction of sp³-hybridized carbons (Fsp3) is 0.206. The van der Waals surface area contributed by atoms with Crippen LogP contribution in [-0.2, 0) is 17.9 Å². The van der Waals surface area contributed by atoms with E-state index in [-0.39, 0.29) is 12.3 Å². The van der Waals surface area contributed by atoms with Crippen LogP contribution in [0.4, 0.5) is 11.4 Å². The molecule has 0 fully saturated rings. The first-order valence-corrected chi connectivity index (χ1v) is 15.2. The van der Waals surface area contributed by atoms with Crippen LogP contribution in [0.25, 0.3) is 0 Å². The standard InChI is InChI=1S/C34H36N4O4S2/c39-32(25-14-10-23(11-15-25)21-36-27-5-3-7-29(43)19-27)35-18-2-1-9-31(34(41)42)38-33(40)26-16-12-24(13-17-26)22-37-28-6-4-8-30(44)20-28/h3-8,10-17,19-20,31,36-37,43-44H,1-2,9,18,21-22H2,(H,35,39)(H,38,40)(H,41,42). The molecule has 228 valence electrons. The third-order valence-corrected chi connectivity index (χ3v) is 7.48. The average Bonchev–Trinajstić information content (AvgIpc) is 3.02. The van der Waals surface area contributed by atoms with Crippen molar-refractivity contribution in [3.63, 3.8) is 0 Å². The van der Waals surface area contributed by atoms with Gasteiger partial charge in [0.1, 0.15) is 6.04 Å². The molecular formula is C34H36N4O4S2. The molecule has 0 saturated heterocycles. The van der Waals surface area contributed by atoms with Gasteiger partial charge >= 0.3 is 5.97 Å².